The Bertz CT molecular complexity index is 1510. The molecule has 0 saturated heterocycles. The van der Waals surface area contributed by atoms with Crippen LogP contribution in [-0.4, -0.2) is 25.7 Å². The number of aromatic amines is 1. The van der Waals surface area contributed by atoms with Crippen molar-refractivity contribution in [3.8, 4) is 11.1 Å². The van der Waals surface area contributed by atoms with Crippen LogP contribution in [0.2, 0.25) is 0 Å². The van der Waals surface area contributed by atoms with Gasteiger partial charge in [-0.15, -0.1) is 0 Å². The largest absolute Gasteiger partial charge is 0.368 e. The van der Waals surface area contributed by atoms with Crippen molar-refractivity contribution in [2.45, 2.75) is 12.8 Å². The van der Waals surface area contributed by atoms with Gasteiger partial charge in [-0.1, -0.05) is 0 Å². The van der Waals surface area contributed by atoms with Gasteiger partial charge in [0.2, 0.25) is 11.7 Å². The first kappa shape index (κ1) is 22.7. The summed E-state index contributed by atoms with van der Waals surface area (Å²) in [6.07, 6.45) is 9.86. The van der Waals surface area contributed by atoms with Gasteiger partial charge in [-0.2, -0.15) is 0 Å². The molecule has 176 valence electrons. The lowest BCUT2D eigenvalue weighted by molar-refractivity contribution is 0.103. The second kappa shape index (κ2) is 9.26. The second-order valence-corrected chi connectivity index (χ2v) is 8.64. The highest BCUT2D eigenvalue weighted by atomic mass is 32.2. The predicted molar refractivity (Wildman–Crippen MR) is 129 cm³/mol. The van der Waals surface area contributed by atoms with Crippen LogP contribution in [0.3, 0.4) is 0 Å². The zero-order valence-corrected chi connectivity index (χ0v) is 18.8. The molecule has 0 spiro atoms. The van der Waals surface area contributed by atoms with Crippen molar-refractivity contribution in [3.05, 3.63) is 88.6 Å². The van der Waals surface area contributed by atoms with Crippen molar-refractivity contribution >= 4 is 40.4 Å². The number of carbonyl (C=O) groups excluding carboxylic acids is 1. The molecule has 0 amide bonds. The number of allylic oxidation sites excluding steroid dienone is 4. The Labute approximate surface area is 201 Å². The Balaban J connectivity index is 1.48. The monoisotopic (exact) mass is 494 g/mol. The summed E-state index contributed by atoms with van der Waals surface area (Å²) in [7, 11) is 0. The maximum atomic E-state index is 15.3. The number of anilines is 2. The Morgan fingerprint density at radius 2 is 1.86 bits per heavy atom. The average molecular weight is 495 g/mol. The van der Waals surface area contributed by atoms with E-state index in [9.17, 15) is 13.6 Å². The summed E-state index contributed by atoms with van der Waals surface area (Å²) in [5.74, 6) is -3.15. The molecule has 0 aliphatic heterocycles. The Morgan fingerprint density at radius 1 is 1.09 bits per heavy atom. The van der Waals surface area contributed by atoms with Crippen molar-refractivity contribution in [2.24, 2.45) is 0 Å². The average Bonchev–Trinajstić information content (AvgIpc) is 3.27. The van der Waals surface area contributed by atoms with E-state index in [4.69, 9.17) is 5.73 Å². The lowest BCUT2D eigenvalue weighted by atomic mass is 10.0. The van der Waals surface area contributed by atoms with Gasteiger partial charge in [0.05, 0.1) is 11.3 Å². The van der Waals surface area contributed by atoms with E-state index < -0.39 is 23.0 Å². The summed E-state index contributed by atoms with van der Waals surface area (Å²) in [4.78, 5) is 29.0. The number of fused-ring (bicyclic) bond motifs is 1. The molecular weight excluding hydrogens is 477 g/mol. The van der Waals surface area contributed by atoms with E-state index in [-0.39, 0.29) is 23.0 Å². The van der Waals surface area contributed by atoms with Gasteiger partial charge in [-0.05, 0) is 55.1 Å². The smallest absolute Gasteiger partial charge is 0.219 e. The van der Waals surface area contributed by atoms with Gasteiger partial charge in [-0.25, -0.2) is 28.1 Å². The van der Waals surface area contributed by atoms with Crippen molar-refractivity contribution < 1.29 is 18.0 Å². The molecule has 4 N–H and O–H groups in total. The van der Waals surface area contributed by atoms with Crippen molar-refractivity contribution in [1.29, 1.82) is 0 Å². The van der Waals surface area contributed by atoms with Crippen molar-refractivity contribution in [2.75, 3.05) is 10.5 Å². The fourth-order valence-electron chi connectivity index (χ4n) is 3.65. The Kier molecular flexibility index (Phi) is 6.00. The maximum absolute atomic E-state index is 15.3. The zero-order chi connectivity index (χ0) is 24.5. The van der Waals surface area contributed by atoms with Crippen molar-refractivity contribution in [1.82, 2.24) is 19.9 Å². The number of nitrogens with one attached hydrogen (secondary N) is 2. The molecule has 0 unspecified atom stereocenters. The first-order chi connectivity index (χ1) is 16.9. The molecule has 1 aliphatic rings. The number of halogens is 3. The third kappa shape index (κ3) is 4.50. The first-order valence-corrected chi connectivity index (χ1v) is 11.3. The minimum Gasteiger partial charge on any atom is -0.368 e. The molecule has 0 saturated carbocycles. The van der Waals surface area contributed by atoms with Crippen LogP contribution in [0.5, 0.6) is 0 Å². The quantitative estimate of drug-likeness (QED) is 0.233. The molecule has 0 bridgehead atoms. The van der Waals surface area contributed by atoms with E-state index in [2.05, 4.69) is 24.7 Å². The lowest BCUT2D eigenvalue weighted by Gasteiger charge is -2.13. The number of rotatable bonds is 6. The van der Waals surface area contributed by atoms with Crippen LogP contribution in [-0.2, 0) is 0 Å². The summed E-state index contributed by atoms with van der Waals surface area (Å²) in [6, 6.07) is 3.87. The first-order valence-electron chi connectivity index (χ1n) is 10.5. The van der Waals surface area contributed by atoms with Crippen LogP contribution in [0.4, 0.5) is 24.8 Å². The van der Waals surface area contributed by atoms with Crippen LogP contribution in [0.25, 0.3) is 22.2 Å². The van der Waals surface area contributed by atoms with Gasteiger partial charge in [0, 0.05) is 51.8 Å². The number of nitrogen functional groups attached to an aromatic ring is 1. The molecule has 3 aromatic heterocycles. The van der Waals surface area contributed by atoms with Crippen LogP contribution in [0, 0.1) is 11.6 Å². The van der Waals surface area contributed by atoms with Gasteiger partial charge in [0.25, 0.3) is 0 Å². The molecule has 0 radical (unpaired) electrons. The van der Waals surface area contributed by atoms with E-state index in [0.29, 0.717) is 39.9 Å². The fourth-order valence-corrected chi connectivity index (χ4v) is 4.44. The number of carbonyl (C=O) groups is 1. The van der Waals surface area contributed by atoms with Gasteiger partial charge in [-0.3, -0.25) is 4.79 Å². The predicted octanol–water partition coefficient (Wildman–Crippen LogP) is 5.70. The highest BCUT2D eigenvalue weighted by molar-refractivity contribution is 8.04. The third-order valence-corrected chi connectivity index (χ3v) is 6.33. The number of hydrogen-bond acceptors (Lipinski definition) is 7. The Morgan fingerprint density at radius 3 is 2.63 bits per heavy atom. The van der Waals surface area contributed by atoms with Crippen LogP contribution in [0.1, 0.15) is 28.8 Å². The van der Waals surface area contributed by atoms with E-state index in [1.807, 2.05) is 0 Å². The second-order valence-electron chi connectivity index (χ2n) is 7.71. The summed E-state index contributed by atoms with van der Waals surface area (Å²) in [5.41, 5.74) is 6.37. The molecule has 5 rings (SSSR count). The molecule has 35 heavy (non-hydrogen) atoms. The zero-order valence-electron chi connectivity index (χ0n) is 18.0. The van der Waals surface area contributed by atoms with Gasteiger partial charge in [0.1, 0.15) is 17.3 Å². The molecule has 1 aliphatic carbocycles. The third-order valence-electron chi connectivity index (χ3n) is 5.42. The minimum absolute atomic E-state index is 0.0514. The number of H-pyrrole nitrogens is 1. The van der Waals surface area contributed by atoms with Crippen LogP contribution in [0.15, 0.2) is 65.9 Å². The standard InChI is InChI=1S/C24H17F3N6OS/c25-14-2-1-3-15(7-14)35-33-19-5-4-18(26)20(21(19)27)22(34)17-11-30-23-16(17)6-12(8-29-23)13-9-31-24(28)32-10-13/h2,4-11,33H,1,3H2,(H,29,30)(H2,28,31,32). The Hall–Kier alpha value is -4.12. The number of nitrogens with two attached hydrogens (primary N) is 1. The summed E-state index contributed by atoms with van der Waals surface area (Å²) >= 11 is 1.01. The van der Waals surface area contributed by atoms with Crippen LogP contribution < -0.4 is 10.5 Å². The number of hydrogen-bond donors (Lipinski definition) is 3. The van der Waals surface area contributed by atoms with E-state index in [1.54, 1.807) is 12.3 Å². The normalized spacial score (nSPS) is 13.5. The summed E-state index contributed by atoms with van der Waals surface area (Å²) in [5, 5.41) is 0.380. The molecular formula is C24H17F3N6OS. The lowest BCUT2D eigenvalue weighted by Crippen LogP contribution is -2.09. The SMILES string of the molecule is Nc1ncc(-c2cnc3[nH]cc(C(=O)c4c(F)ccc(NSC5=CC(F)=CCC5)c4F)c3c2)cn1. The highest BCUT2D eigenvalue weighted by Crippen LogP contribution is 2.33. The van der Waals surface area contributed by atoms with E-state index in [1.165, 1.54) is 36.8 Å². The number of nitrogens with zero attached hydrogens (tertiary/aromatic N) is 3. The van der Waals surface area contributed by atoms with E-state index in [0.717, 1.165) is 18.0 Å². The number of pyridine rings is 1. The number of ketones is 1. The van der Waals surface area contributed by atoms with Gasteiger partial charge < -0.3 is 15.4 Å². The molecule has 0 atom stereocenters. The van der Waals surface area contributed by atoms with Gasteiger partial charge in [0.15, 0.2) is 5.82 Å². The van der Waals surface area contributed by atoms with E-state index >= 15 is 4.39 Å². The summed E-state index contributed by atoms with van der Waals surface area (Å²) in [6.45, 7) is 0. The molecule has 0 fully saturated rings. The molecule has 4 aromatic rings. The topological polar surface area (TPSA) is 110 Å². The summed E-state index contributed by atoms with van der Waals surface area (Å²) < 4.78 is 46.2. The van der Waals surface area contributed by atoms with Crippen molar-refractivity contribution in [3.63, 3.8) is 0 Å². The molecule has 7 nitrogen and oxygen atoms in total. The maximum Gasteiger partial charge on any atom is 0.219 e. The van der Waals surface area contributed by atoms with Crippen LogP contribution >= 0.6 is 11.9 Å². The van der Waals surface area contributed by atoms with Gasteiger partial charge >= 0.3 is 0 Å². The molecule has 3 heterocycles. The number of benzene rings is 1. The fraction of sp³-hybridized carbons (Fsp3) is 0.0833. The number of aromatic nitrogens is 4. The molecule has 1 aromatic carbocycles. The molecule has 11 heteroatoms. The highest BCUT2D eigenvalue weighted by Gasteiger charge is 2.25. The minimum atomic E-state index is -1.04.